The van der Waals surface area contributed by atoms with Crippen LogP contribution in [0.1, 0.15) is 0 Å². The van der Waals surface area contributed by atoms with Crippen LogP contribution in [-0.4, -0.2) is 24.7 Å². The standard InChI is InChI=1S/C7H13N3/c1-3-10(2)7-6-9-5-4-8/h3-6H,1,7-8H2,2H3/b5-4+,9-6?. The van der Waals surface area contributed by atoms with Gasteiger partial charge in [-0.15, -0.1) is 0 Å². The zero-order chi connectivity index (χ0) is 7.82. The molecule has 0 spiro atoms. The van der Waals surface area contributed by atoms with Crippen LogP contribution in [-0.2, 0) is 0 Å². The van der Waals surface area contributed by atoms with Crippen LogP contribution in [0.2, 0.25) is 0 Å². The second-order valence-corrected chi connectivity index (χ2v) is 1.80. The Labute approximate surface area is 61.5 Å². The van der Waals surface area contributed by atoms with Gasteiger partial charge in [0.2, 0.25) is 0 Å². The minimum absolute atomic E-state index is 0.758. The molecular weight excluding hydrogens is 126 g/mol. The van der Waals surface area contributed by atoms with E-state index in [1.165, 1.54) is 12.4 Å². The topological polar surface area (TPSA) is 41.6 Å². The zero-order valence-electron chi connectivity index (χ0n) is 6.20. The van der Waals surface area contributed by atoms with E-state index in [4.69, 9.17) is 5.73 Å². The quantitative estimate of drug-likeness (QED) is 0.578. The molecule has 2 N–H and O–H groups in total. The highest BCUT2D eigenvalue weighted by Crippen LogP contribution is 1.77. The van der Waals surface area contributed by atoms with Gasteiger partial charge < -0.3 is 10.6 Å². The fourth-order valence-corrected chi connectivity index (χ4v) is 0.361. The Morgan fingerprint density at radius 3 is 2.90 bits per heavy atom. The molecule has 3 heteroatoms. The van der Waals surface area contributed by atoms with Crippen LogP contribution in [0.15, 0.2) is 30.2 Å². The summed E-state index contributed by atoms with van der Waals surface area (Å²) in [7, 11) is 1.92. The van der Waals surface area contributed by atoms with Gasteiger partial charge in [0.05, 0.1) is 6.54 Å². The van der Waals surface area contributed by atoms with Crippen molar-refractivity contribution in [2.75, 3.05) is 13.6 Å². The molecule has 0 bridgehead atoms. The summed E-state index contributed by atoms with van der Waals surface area (Å²) in [6, 6.07) is 0. The second kappa shape index (κ2) is 5.88. The van der Waals surface area contributed by atoms with E-state index in [1.807, 2.05) is 11.9 Å². The van der Waals surface area contributed by atoms with Crippen molar-refractivity contribution in [2.24, 2.45) is 10.7 Å². The average molecular weight is 139 g/mol. The molecule has 0 saturated carbocycles. The maximum atomic E-state index is 5.05. The minimum Gasteiger partial charge on any atom is -0.403 e. The van der Waals surface area contributed by atoms with Crippen LogP contribution in [0.5, 0.6) is 0 Å². The van der Waals surface area contributed by atoms with Crippen molar-refractivity contribution in [3.05, 3.63) is 25.2 Å². The predicted octanol–water partition coefficient (Wildman–Crippen LogP) is 0.562. The average Bonchev–Trinajstić information content (AvgIpc) is 1.98. The molecule has 0 radical (unpaired) electrons. The Morgan fingerprint density at radius 1 is 1.70 bits per heavy atom. The lowest BCUT2D eigenvalue weighted by Crippen LogP contribution is -2.12. The number of nitrogens with zero attached hydrogens (tertiary/aromatic N) is 2. The third-order valence-corrected chi connectivity index (χ3v) is 0.959. The summed E-state index contributed by atoms with van der Waals surface area (Å²) < 4.78 is 0. The molecule has 10 heavy (non-hydrogen) atoms. The van der Waals surface area contributed by atoms with Crippen molar-refractivity contribution in [3.8, 4) is 0 Å². The lowest BCUT2D eigenvalue weighted by atomic mass is 10.6. The Kier molecular flexibility index (Phi) is 5.14. The molecule has 0 atom stereocenters. The molecule has 0 aliphatic rings. The Balaban J connectivity index is 3.42. The van der Waals surface area contributed by atoms with E-state index in [9.17, 15) is 0 Å². The monoisotopic (exact) mass is 139 g/mol. The fraction of sp³-hybridized carbons (Fsp3) is 0.286. The lowest BCUT2D eigenvalue weighted by molar-refractivity contribution is 0.530. The summed E-state index contributed by atoms with van der Waals surface area (Å²) in [6.45, 7) is 4.34. The van der Waals surface area contributed by atoms with E-state index < -0.39 is 0 Å². The van der Waals surface area contributed by atoms with Crippen LogP contribution in [0, 0.1) is 0 Å². The summed E-state index contributed by atoms with van der Waals surface area (Å²) in [4.78, 5) is 5.77. The van der Waals surface area contributed by atoms with Crippen molar-refractivity contribution in [1.29, 1.82) is 0 Å². The highest BCUT2D eigenvalue weighted by Gasteiger charge is 1.80. The van der Waals surface area contributed by atoms with E-state index in [2.05, 4.69) is 11.6 Å². The number of hydrogen-bond acceptors (Lipinski definition) is 3. The molecule has 0 aliphatic heterocycles. The third-order valence-electron chi connectivity index (χ3n) is 0.959. The summed E-state index contributed by atoms with van der Waals surface area (Å²) in [5, 5.41) is 0. The molecule has 0 amide bonds. The first-order valence-corrected chi connectivity index (χ1v) is 3.02. The van der Waals surface area contributed by atoms with Gasteiger partial charge in [0, 0.05) is 25.7 Å². The maximum absolute atomic E-state index is 5.05. The van der Waals surface area contributed by atoms with Crippen molar-refractivity contribution in [2.45, 2.75) is 0 Å². The molecule has 0 aromatic heterocycles. The SMILES string of the molecule is C=CN(C)CC=N/C=C/N. The number of hydrogen-bond donors (Lipinski definition) is 1. The van der Waals surface area contributed by atoms with Gasteiger partial charge in [-0.25, -0.2) is 0 Å². The van der Waals surface area contributed by atoms with Gasteiger partial charge in [0.1, 0.15) is 0 Å². The van der Waals surface area contributed by atoms with E-state index in [0.29, 0.717) is 0 Å². The molecule has 0 aromatic carbocycles. The maximum Gasteiger partial charge on any atom is 0.0523 e. The van der Waals surface area contributed by atoms with Gasteiger partial charge in [0.25, 0.3) is 0 Å². The second-order valence-electron chi connectivity index (χ2n) is 1.80. The Hall–Kier alpha value is -1.25. The van der Waals surface area contributed by atoms with Crippen LogP contribution in [0.4, 0.5) is 0 Å². The van der Waals surface area contributed by atoms with Crippen LogP contribution in [0.3, 0.4) is 0 Å². The zero-order valence-corrected chi connectivity index (χ0v) is 6.20. The largest absolute Gasteiger partial charge is 0.403 e. The molecule has 0 rings (SSSR count). The molecule has 56 valence electrons. The fourth-order valence-electron chi connectivity index (χ4n) is 0.361. The molecule has 0 aliphatic carbocycles. The van der Waals surface area contributed by atoms with Gasteiger partial charge in [0.15, 0.2) is 0 Å². The lowest BCUT2D eigenvalue weighted by Gasteiger charge is -2.07. The van der Waals surface area contributed by atoms with Crippen LogP contribution in [0.25, 0.3) is 0 Å². The first kappa shape index (κ1) is 8.75. The van der Waals surface area contributed by atoms with Gasteiger partial charge in [-0.3, -0.25) is 4.99 Å². The van der Waals surface area contributed by atoms with Crippen molar-refractivity contribution in [3.63, 3.8) is 0 Å². The van der Waals surface area contributed by atoms with Crippen molar-refractivity contribution in [1.82, 2.24) is 4.90 Å². The van der Waals surface area contributed by atoms with E-state index >= 15 is 0 Å². The molecule has 3 nitrogen and oxygen atoms in total. The first-order chi connectivity index (χ1) is 4.81. The predicted molar refractivity (Wildman–Crippen MR) is 44.6 cm³/mol. The normalized spacial score (nSPS) is 10.9. The number of rotatable bonds is 4. The summed E-state index contributed by atoms with van der Waals surface area (Å²) >= 11 is 0. The van der Waals surface area contributed by atoms with Crippen LogP contribution >= 0.6 is 0 Å². The van der Waals surface area contributed by atoms with Gasteiger partial charge >= 0.3 is 0 Å². The highest BCUT2D eigenvalue weighted by atomic mass is 15.1. The third kappa shape index (κ3) is 4.90. The summed E-state index contributed by atoms with van der Waals surface area (Å²) in [6.07, 6.45) is 6.42. The smallest absolute Gasteiger partial charge is 0.0523 e. The van der Waals surface area contributed by atoms with Crippen LogP contribution < -0.4 is 5.73 Å². The van der Waals surface area contributed by atoms with E-state index in [1.54, 1.807) is 12.4 Å². The highest BCUT2D eigenvalue weighted by molar-refractivity contribution is 5.60. The molecule has 0 heterocycles. The Morgan fingerprint density at radius 2 is 2.40 bits per heavy atom. The number of nitrogens with two attached hydrogens (primary N) is 1. The van der Waals surface area contributed by atoms with Crippen molar-refractivity contribution >= 4 is 6.21 Å². The van der Waals surface area contributed by atoms with Gasteiger partial charge in [-0.2, -0.15) is 0 Å². The minimum atomic E-state index is 0.758. The van der Waals surface area contributed by atoms with Crippen molar-refractivity contribution < 1.29 is 0 Å². The first-order valence-electron chi connectivity index (χ1n) is 3.02. The molecule has 0 aromatic rings. The molecule has 0 saturated heterocycles. The van der Waals surface area contributed by atoms with E-state index in [-0.39, 0.29) is 0 Å². The van der Waals surface area contributed by atoms with E-state index in [0.717, 1.165) is 6.54 Å². The van der Waals surface area contributed by atoms with Gasteiger partial charge in [-0.1, -0.05) is 6.58 Å². The number of aliphatic imine (C=N–C) groups is 1. The molecule has 0 unspecified atom stereocenters. The van der Waals surface area contributed by atoms with Gasteiger partial charge in [-0.05, 0) is 6.20 Å². The Bertz CT molecular complexity index is 138. The molecule has 0 fully saturated rings. The molecular formula is C7H13N3. The summed E-state index contributed by atoms with van der Waals surface area (Å²) in [5.74, 6) is 0. The summed E-state index contributed by atoms with van der Waals surface area (Å²) in [5.41, 5.74) is 5.05.